The molecule has 0 unspecified atom stereocenters. The summed E-state index contributed by atoms with van der Waals surface area (Å²) in [7, 11) is -0.449. The van der Waals surface area contributed by atoms with Gasteiger partial charge in [-0.05, 0) is 54.7 Å². The Morgan fingerprint density at radius 1 is 1.23 bits per heavy atom. The molecule has 1 saturated heterocycles. The molecule has 0 aromatic heterocycles. The Morgan fingerprint density at radius 2 is 1.91 bits per heavy atom. The van der Waals surface area contributed by atoms with Gasteiger partial charge >= 0.3 is 7.12 Å². The number of hydrogen-bond acceptors (Lipinski definition) is 3. The summed E-state index contributed by atoms with van der Waals surface area (Å²) in [5.41, 5.74) is 7.24. The van der Waals surface area contributed by atoms with Gasteiger partial charge < -0.3 is 15.0 Å². The van der Waals surface area contributed by atoms with Crippen LogP contribution in [-0.2, 0) is 9.31 Å². The van der Waals surface area contributed by atoms with E-state index in [2.05, 4.69) is 20.8 Å². The molecule has 1 aromatic carbocycles. The molecule has 4 fully saturated rings. The molecule has 3 nitrogen and oxygen atoms in total. The normalized spacial score (nSPS) is 40.0. The molecule has 2 bridgehead atoms. The third kappa shape index (κ3) is 1.85. The largest absolute Gasteiger partial charge is 0.480 e. The van der Waals surface area contributed by atoms with Crippen LogP contribution < -0.4 is 5.73 Å². The van der Waals surface area contributed by atoms with Gasteiger partial charge in [0.05, 0.1) is 17.6 Å². The SMILES string of the molecule is CC1(C)[C@@H]2C[C@H]3OB([C@@H](N)c4ccc(F)cc4)O[C@@]3(C)[C@H]1C2. The fourth-order valence-electron chi connectivity index (χ4n) is 4.89. The summed E-state index contributed by atoms with van der Waals surface area (Å²) in [6.45, 7) is 6.85. The number of hydrogen-bond donors (Lipinski definition) is 1. The van der Waals surface area contributed by atoms with Gasteiger partial charge in [-0.2, -0.15) is 0 Å². The maximum absolute atomic E-state index is 13.1. The quantitative estimate of drug-likeness (QED) is 0.854. The highest BCUT2D eigenvalue weighted by Crippen LogP contribution is 2.65. The molecule has 2 N–H and O–H groups in total. The van der Waals surface area contributed by atoms with Crippen molar-refractivity contribution in [2.75, 3.05) is 0 Å². The monoisotopic (exact) mass is 303 g/mol. The fourth-order valence-corrected chi connectivity index (χ4v) is 4.89. The molecule has 3 saturated carbocycles. The maximum Gasteiger partial charge on any atom is 0.480 e. The topological polar surface area (TPSA) is 44.5 Å². The van der Waals surface area contributed by atoms with Gasteiger partial charge in [-0.15, -0.1) is 0 Å². The average Bonchev–Trinajstić information content (AvgIpc) is 2.84. The van der Waals surface area contributed by atoms with E-state index in [0.29, 0.717) is 11.3 Å². The van der Waals surface area contributed by atoms with Crippen LogP contribution in [0.15, 0.2) is 24.3 Å². The van der Waals surface area contributed by atoms with Crippen molar-refractivity contribution in [3.63, 3.8) is 0 Å². The molecule has 0 radical (unpaired) electrons. The highest BCUT2D eigenvalue weighted by atomic mass is 19.1. The number of nitrogens with two attached hydrogens (primary N) is 1. The first-order valence-electron chi connectivity index (χ1n) is 8.16. The summed E-state index contributed by atoms with van der Waals surface area (Å²) in [5.74, 6) is 0.602. The Labute approximate surface area is 131 Å². The van der Waals surface area contributed by atoms with E-state index in [1.807, 2.05) is 0 Å². The molecule has 1 aliphatic heterocycles. The first kappa shape index (κ1) is 14.7. The van der Waals surface area contributed by atoms with Crippen LogP contribution in [0.25, 0.3) is 0 Å². The van der Waals surface area contributed by atoms with E-state index in [1.54, 1.807) is 12.1 Å². The molecule has 0 spiro atoms. The zero-order chi connectivity index (χ0) is 15.7. The van der Waals surface area contributed by atoms with E-state index in [9.17, 15) is 4.39 Å². The van der Waals surface area contributed by atoms with Crippen molar-refractivity contribution in [1.29, 1.82) is 0 Å². The van der Waals surface area contributed by atoms with Crippen molar-refractivity contribution < 1.29 is 13.7 Å². The Balaban J connectivity index is 1.56. The van der Waals surface area contributed by atoms with Crippen molar-refractivity contribution >= 4 is 7.12 Å². The number of benzene rings is 1. The summed E-state index contributed by atoms with van der Waals surface area (Å²) in [5, 5.41) is 0. The summed E-state index contributed by atoms with van der Waals surface area (Å²) in [4.78, 5) is 0. The zero-order valence-corrected chi connectivity index (χ0v) is 13.4. The Bertz CT molecular complexity index is 593. The van der Waals surface area contributed by atoms with Gasteiger partial charge in [-0.1, -0.05) is 26.0 Å². The highest BCUT2D eigenvalue weighted by molar-refractivity contribution is 6.47. The fraction of sp³-hybridized carbons (Fsp3) is 0.647. The highest BCUT2D eigenvalue weighted by Gasteiger charge is 2.68. The predicted molar refractivity (Wildman–Crippen MR) is 83.4 cm³/mol. The van der Waals surface area contributed by atoms with Crippen molar-refractivity contribution in [1.82, 2.24) is 0 Å². The van der Waals surface area contributed by atoms with Gasteiger partial charge in [0.2, 0.25) is 0 Å². The Morgan fingerprint density at radius 3 is 2.55 bits per heavy atom. The molecule has 1 heterocycles. The van der Waals surface area contributed by atoms with Gasteiger partial charge in [-0.3, -0.25) is 0 Å². The van der Waals surface area contributed by atoms with Crippen LogP contribution in [0.2, 0.25) is 0 Å². The van der Waals surface area contributed by atoms with Crippen molar-refractivity contribution in [3.05, 3.63) is 35.6 Å². The lowest BCUT2D eigenvalue weighted by molar-refractivity contribution is -0.199. The van der Waals surface area contributed by atoms with Crippen LogP contribution in [0.1, 0.15) is 45.1 Å². The smallest absolute Gasteiger partial charge is 0.404 e. The van der Waals surface area contributed by atoms with Crippen LogP contribution in [0, 0.1) is 23.1 Å². The molecule has 0 amide bonds. The first-order chi connectivity index (χ1) is 10.3. The minimum absolute atomic E-state index is 0.126. The van der Waals surface area contributed by atoms with Gasteiger partial charge in [0.1, 0.15) is 5.82 Å². The lowest BCUT2D eigenvalue weighted by atomic mass is 9.43. The Kier molecular flexibility index (Phi) is 3.04. The van der Waals surface area contributed by atoms with E-state index in [1.165, 1.54) is 18.6 Å². The second kappa shape index (κ2) is 4.56. The van der Waals surface area contributed by atoms with Gasteiger partial charge in [0.25, 0.3) is 0 Å². The third-order valence-corrected chi connectivity index (χ3v) is 6.52. The third-order valence-electron chi connectivity index (χ3n) is 6.52. The minimum Gasteiger partial charge on any atom is -0.404 e. The molecule has 5 rings (SSSR count). The maximum atomic E-state index is 13.1. The lowest BCUT2D eigenvalue weighted by Gasteiger charge is -2.64. The molecule has 3 aliphatic carbocycles. The minimum atomic E-state index is -0.449. The second-order valence-corrected chi connectivity index (χ2v) is 7.91. The molecule has 5 heteroatoms. The molecule has 22 heavy (non-hydrogen) atoms. The second-order valence-electron chi connectivity index (χ2n) is 7.91. The van der Waals surface area contributed by atoms with Crippen LogP contribution in [0.4, 0.5) is 4.39 Å². The van der Waals surface area contributed by atoms with Crippen molar-refractivity contribution in [3.8, 4) is 0 Å². The van der Waals surface area contributed by atoms with Crippen molar-refractivity contribution in [2.24, 2.45) is 23.0 Å². The summed E-state index contributed by atoms with van der Waals surface area (Å²) in [6, 6.07) is 6.28. The number of rotatable bonds is 2. The van der Waals surface area contributed by atoms with Gasteiger partial charge in [-0.25, -0.2) is 4.39 Å². The molecule has 118 valence electrons. The summed E-state index contributed by atoms with van der Waals surface area (Å²) in [6.07, 6.45) is 2.40. The summed E-state index contributed by atoms with van der Waals surface area (Å²) >= 11 is 0. The van der Waals surface area contributed by atoms with E-state index in [4.69, 9.17) is 15.0 Å². The van der Waals surface area contributed by atoms with Gasteiger partial charge in [0.15, 0.2) is 0 Å². The standard InChI is InChI=1S/C17H23BFNO2/c1-16(2)11-8-13(16)17(3)14(9-11)21-18(22-17)15(20)10-4-6-12(19)7-5-10/h4-7,11,13-15H,8-9,20H2,1-3H3/t11-,13-,14+,15-,17-/m0/s1. The average molecular weight is 303 g/mol. The van der Waals surface area contributed by atoms with Crippen LogP contribution in [0.3, 0.4) is 0 Å². The lowest BCUT2D eigenvalue weighted by Crippen LogP contribution is -2.65. The van der Waals surface area contributed by atoms with Crippen LogP contribution in [0.5, 0.6) is 0 Å². The van der Waals surface area contributed by atoms with E-state index >= 15 is 0 Å². The molecular formula is C17H23BFNO2. The van der Waals surface area contributed by atoms with E-state index in [-0.39, 0.29) is 23.5 Å². The Hall–Kier alpha value is -0.905. The molecule has 1 aromatic rings. The predicted octanol–water partition coefficient (Wildman–Crippen LogP) is 3.09. The molecular weight excluding hydrogens is 280 g/mol. The molecule has 5 atom stereocenters. The summed E-state index contributed by atoms with van der Waals surface area (Å²) < 4.78 is 25.6. The number of halogens is 1. The van der Waals surface area contributed by atoms with Crippen molar-refractivity contribution in [2.45, 2.75) is 51.3 Å². The van der Waals surface area contributed by atoms with E-state index in [0.717, 1.165) is 17.9 Å². The van der Waals surface area contributed by atoms with Gasteiger partial charge in [0, 0.05) is 0 Å². The van der Waals surface area contributed by atoms with Crippen LogP contribution in [-0.4, -0.2) is 18.8 Å². The first-order valence-corrected chi connectivity index (χ1v) is 8.16. The van der Waals surface area contributed by atoms with E-state index < -0.39 is 7.12 Å². The molecule has 4 aliphatic rings. The zero-order valence-electron chi connectivity index (χ0n) is 13.4. The van der Waals surface area contributed by atoms with Crippen LogP contribution >= 0.6 is 0 Å².